The molecular weight excluding hydrogens is 334 g/mol. The molecule has 1 heterocycles. The molecule has 1 aliphatic rings. The molecule has 0 saturated carbocycles. The molecule has 5 heteroatoms. The average molecular weight is 370 g/mol. The van der Waals surface area contributed by atoms with Gasteiger partial charge in [-0.3, -0.25) is 4.21 Å². The van der Waals surface area contributed by atoms with Crippen molar-refractivity contribution in [2.45, 2.75) is 63.7 Å². The maximum atomic E-state index is 12.2. The highest BCUT2D eigenvalue weighted by molar-refractivity contribution is 7.85. The molecule has 0 aliphatic carbocycles. The molecule has 25 heavy (non-hydrogen) atoms. The third-order valence-electron chi connectivity index (χ3n) is 4.06. The highest BCUT2D eigenvalue weighted by Crippen LogP contribution is 2.22. The fourth-order valence-corrected chi connectivity index (χ4v) is 3.72. The molecule has 0 N–H and O–H groups in total. The Hall–Kier alpha value is -0.910. The van der Waals surface area contributed by atoms with E-state index in [0.29, 0.717) is 0 Å². The van der Waals surface area contributed by atoms with Crippen molar-refractivity contribution in [3.8, 4) is 5.75 Å². The molecule has 1 fully saturated rings. The van der Waals surface area contributed by atoms with Gasteiger partial charge in [0.05, 0.1) is 17.4 Å². The van der Waals surface area contributed by atoms with Gasteiger partial charge in [0.15, 0.2) is 0 Å². The molecule has 144 valence electrons. The summed E-state index contributed by atoms with van der Waals surface area (Å²) in [7, 11) is -0.965. The van der Waals surface area contributed by atoms with Crippen molar-refractivity contribution in [2.24, 2.45) is 0 Å². The lowest BCUT2D eigenvalue weighted by Crippen LogP contribution is -2.39. The summed E-state index contributed by atoms with van der Waals surface area (Å²) in [6.45, 7) is 14.7. The van der Waals surface area contributed by atoms with Gasteiger partial charge >= 0.3 is 0 Å². The molecular formula is C20H35NO3S. The first kappa shape index (κ1) is 22.1. The predicted octanol–water partition coefficient (Wildman–Crippen LogP) is 4.11. The van der Waals surface area contributed by atoms with Crippen molar-refractivity contribution in [2.75, 3.05) is 32.8 Å². The molecule has 0 amide bonds. The van der Waals surface area contributed by atoms with E-state index in [1.807, 2.05) is 58.9 Å². The second-order valence-corrected chi connectivity index (χ2v) is 8.19. The number of likely N-dealkylation sites (tertiary alicyclic amines) is 1. The van der Waals surface area contributed by atoms with Gasteiger partial charge in [0.2, 0.25) is 0 Å². The van der Waals surface area contributed by atoms with Crippen LogP contribution in [0.4, 0.5) is 0 Å². The summed E-state index contributed by atoms with van der Waals surface area (Å²) in [4.78, 5) is 3.28. The number of benzene rings is 1. The summed E-state index contributed by atoms with van der Waals surface area (Å²) in [5, 5.41) is 0.124. The average Bonchev–Trinajstić information content (AvgIpc) is 2.64. The van der Waals surface area contributed by atoms with E-state index in [2.05, 4.69) is 4.90 Å². The Morgan fingerprint density at radius 2 is 1.92 bits per heavy atom. The predicted molar refractivity (Wildman–Crippen MR) is 106 cm³/mol. The lowest BCUT2D eigenvalue weighted by Gasteiger charge is -2.32. The maximum Gasteiger partial charge on any atom is 0.120 e. The first-order valence-electron chi connectivity index (χ1n) is 9.57. The molecule has 0 aromatic heterocycles. The summed E-state index contributed by atoms with van der Waals surface area (Å²) in [5.74, 6) is 0.837. The highest BCUT2D eigenvalue weighted by atomic mass is 32.2. The van der Waals surface area contributed by atoms with E-state index in [1.165, 1.54) is 0 Å². The normalized spacial score (nSPS) is 17.0. The molecule has 1 unspecified atom stereocenters. The van der Waals surface area contributed by atoms with E-state index >= 15 is 0 Å². The molecule has 0 radical (unpaired) electrons. The van der Waals surface area contributed by atoms with Crippen molar-refractivity contribution in [1.82, 2.24) is 4.90 Å². The number of rotatable bonds is 8. The summed E-state index contributed by atoms with van der Waals surface area (Å²) in [6.07, 6.45) is 2.31. The first-order chi connectivity index (χ1) is 12.1. The van der Waals surface area contributed by atoms with Crippen LogP contribution in [0.25, 0.3) is 0 Å². The number of nitrogens with zero attached hydrogens (tertiary/aromatic N) is 1. The smallest absolute Gasteiger partial charge is 0.120 e. The second kappa shape index (κ2) is 12.4. The van der Waals surface area contributed by atoms with Gasteiger partial charge in [-0.1, -0.05) is 33.8 Å². The van der Waals surface area contributed by atoms with Gasteiger partial charge in [-0.15, -0.1) is 0 Å². The van der Waals surface area contributed by atoms with Crippen molar-refractivity contribution in [3.63, 3.8) is 0 Å². The molecule has 0 bridgehead atoms. The van der Waals surface area contributed by atoms with E-state index in [1.54, 1.807) is 0 Å². The number of hydrogen-bond donors (Lipinski definition) is 0. The van der Waals surface area contributed by atoms with Crippen LogP contribution in [-0.2, 0) is 15.5 Å². The van der Waals surface area contributed by atoms with E-state index in [-0.39, 0.29) is 11.4 Å². The Labute approximate surface area is 156 Å². The lowest BCUT2D eigenvalue weighted by molar-refractivity contribution is 0.0690. The van der Waals surface area contributed by atoms with Crippen LogP contribution in [0.3, 0.4) is 0 Å². The fourth-order valence-electron chi connectivity index (χ4n) is 2.73. The monoisotopic (exact) mass is 369 g/mol. The minimum atomic E-state index is -0.965. The zero-order valence-corrected chi connectivity index (χ0v) is 17.3. The van der Waals surface area contributed by atoms with Crippen LogP contribution in [-0.4, -0.2) is 53.3 Å². The zero-order chi connectivity index (χ0) is 18.7. The summed E-state index contributed by atoms with van der Waals surface area (Å²) < 4.78 is 23.7. The topological polar surface area (TPSA) is 38.8 Å². The van der Waals surface area contributed by atoms with E-state index in [4.69, 9.17) is 9.47 Å². The summed E-state index contributed by atoms with van der Waals surface area (Å²) in [5.41, 5.74) is 0. The molecule has 1 aromatic carbocycles. The van der Waals surface area contributed by atoms with Crippen LogP contribution in [0.5, 0.6) is 5.75 Å². The van der Waals surface area contributed by atoms with Gasteiger partial charge in [-0.2, -0.15) is 0 Å². The minimum Gasteiger partial charge on any atom is -0.490 e. The molecule has 0 spiro atoms. The van der Waals surface area contributed by atoms with Gasteiger partial charge in [-0.25, -0.2) is 0 Å². The van der Waals surface area contributed by atoms with Crippen LogP contribution in [0, 0.1) is 0 Å². The summed E-state index contributed by atoms with van der Waals surface area (Å²) in [6, 6.07) is 7.74. The Kier molecular flexibility index (Phi) is 11.0. The quantitative estimate of drug-likeness (QED) is 0.647. The molecule has 2 rings (SSSR count). The Bertz CT molecular complexity index is 499. The van der Waals surface area contributed by atoms with Crippen LogP contribution >= 0.6 is 0 Å². The standard InChI is InChI=1S/C18H29NO3S.C2H6/c1-4-21-13-12-19-10-8-16(9-11-19)22-17-6-5-7-18(14-17)23(20)15(2)3;1-2/h5-7,14-16H,4,8-13H2,1-3H3;1-2H3. The third kappa shape index (κ3) is 7.89. The molecule has 4 nitrogen and oxygen atoms in total. The number of ether oxygens (including phenoxy) is 2. The summed E-state index contributed by atoms with van der Waals surface area (Å²) >= 11 is 0. The SMILES string of the molecule is CC.CCOCCN1CCC(Oc2cccc(S(=O)C(C)C)c2)CC1. The molecule has 1 atom stereocenters. The minimum absolute atomic E-state index is 0.124. The number of piperidine rings is 1. The Morgan fingerprint density at radius 1 is 1.24 bits per heavy atom. The van der Waals surface area contributed by atoms with Gasteiger partial charge in [0.1, 0.15) is 11.9 Å². The van der Waals surface area contributed by atoms with Crippen molar-refractivity contribution in [3.05, 3.63) is 24.3 Å². The maximum absolute atomic E-state index is 12.2. The van der Waals surface area contributed by atoms with Gasteiger partial charge in [0.25, 0.3) is 0 Å². The number of hydrogen-bond acceptors (Lipinski definition) is 4. The van der Waals surface area contributed by atoms with Crippen molar-refractivity contribution >= 4 is 10.8 Å². The van der Waals surface area contributed by atoms with Crippen molar-refractivity contribution < 1.29 is 13.7 Å². The Morgan fingerprint density at radius 3 is 2.52 bits per heavy atom. The Balaban J connectivity index is 0.00000151. The molecule has 1 aliphatic heterocycles. The second-order valence-electron chi connectivity index (χ2n) is 6.18. The van der Waals surface area contributed by atoms with E-state index in [0.717, 1.165) is 56.3 Å². The van der Waals surface area contributed by atoms with E-state index in [9.17, 15) is 4.21 Å². The van der Waals surface area contributed by atoms with E-state index < -0.39 is 10.8 Å². The van der Waals surface area contributed by atoms with Gasteiger partial charge in [-0.05, 0) is 38.0 Å². The molecule has 1 saturated heterocycles. The van der Waals surface area contributed by atoms with Crippen LogP contribution in [0.15, 0.2) is 29.2 Å². The lowest BCUT2D eigenvalue weighted by atomic mass is 10.1. The fraction of sp³-hybridized carbons (Fsp3) is 0.700. The van der Waals surface area contributed by atoms with Crippen LogP contribution in [0.2, 0.25) is 0 Å². The van der Waals surface area contributed by atoms with Crippen molar-refractivity contribution in [1.29, 1.82) is 0 Å². The molecule has 1 aromatic rings. The van der Waals surface area contributed by atoms with Gasteiger partial charge in [0, 0.05) is 36.4 Å². The third-order valence-corrected chi connectivity index (χ3v) is 5.63. The van der Waals surface area contributed by atoms with Gasteiger partial charge < -0.3 is 14.4 Å². The largest absolute Gasteiger partial charge is 0.490 e. The zero-order valence-electron chi connectivity index (χ0n) is 16.5. The van der Waals surface area contributed by atoms with Crippen LogP contribution in [0.1, 0.15) is 47.5 Å². The van der Waals surface area contributed by atoms with Crippen LogP contribution < -0.4 is 4.74 Å². The highest BCUT2D eigenvalue weighted by Gasteiger charge is 2.20. The first-order valence-corrected chi connectivity index (χ1v) is 10.8.